The normalized spacial score (nSPS) is 28.3. The number of ether oxygens (including phenoxy) is 1. The lowest BCUT2D eigenvalue weighted by atomic mass is 10.0. The molecule has 1 saturated heterocycles. The molecular weight excluding hydrogens is 372 g/mol. The van der Waals surface area contributed by atoms with Crippen LogP contribution in [0.25, 0.3) is 0 Å². The van der Waals surface area contributed by atoms with Crippen molar-refractivity contribution < 1.29 is 34.4 Å². The zero-order valence-electron chi connectivity index (χ0n) is 16.0. The fourth-order valence-corrected chi connectivity index (χ4v) is 3.99. The van der Waals surface area contributed by atoms with Crippen molar-refractivity contribution >= 4 is 29.5 Å². The largest absolute Gasteiger partial charge is 0.479 e. The molecule has 156 valence electrons. The van der Waals surface area contributed by atoms with E-state index >= 15 is 0 Å². The Morgan fingerprint density at radius 1 is 1.11 bits per heavy atom. The molecule has 8 heteroatoms. The highest BCUT2D eigenvalue weighted by molar-refractivity contribution is 8.00. The Morgan fingerprint density at radius 2 is 1.67 bits per heavy atom. The zero-order chi connectivity index (χ0) is 20.2. The van der Waals surface area contributed by atoms with Crippen LogP contribution in [0.4, 0.5) is 0 Å². The van der Waals surface area contributed by atoms with Crippen LogP contribution in [-0.2, 0) is 19.1 Å². The summed E-state index contributed by atoms with van der Waals surface area (Å²) in [7, 11) is 0. The fraction of sp³-hybridized carbons (Fsp3) is 0.842. The van der Waals surface area contributed by atoms with Gasteiger partial charge < -0.3 is 20.1 Å². The minimum absolute atomic E-state index is 0.229. The van der Waals surface area contributed by atoms with E-state index in [9.17, 15) is 24.6 Å². The molecule has 0 aromatic heterocycles. The second kappa shape index (κ2) is 13.1. The van der Waals surface area contributed by atoms with Gasteiger partial charge >= 0.3 is 11.9 Å². The fourth-order valence-electron chi connectivity index (χ4n) is 2.96. The van der Waals surface area contributed by atoms with Gasteiger partial charge in [0.25, 0.3) is 0 Å². The summed E-state index contributed by atoms with van der Waals surface area (Å²) >= 11 is 0.880. The molecule has 1 aliphatic heterocycles. The molecule has 27 heavy (non-hydrogen) atoms. The Labute approximate surface area is 164 Å². The highest BCUT2D eigenvalue weighted by Gasteiger charge is 2.29. The summed E-state index contributed by atoms with van der Waals surface area (Å²) in [5.41, 5.74) is 0. The number of Topliss-reactive ketones (excluding diaryl/α,β-unsaturated/α-hetero) is 1. The van der Waals surface area contributed by atoms with Gasteiger partial charge in [0.15, 0.2) is 11.9 Å². The lowest BCUT2D eigenvalue weighted by Gasteiger charge is -2.21. The average molecular weight is 405 g/mol. The Bertz CT molecular complexity index is 483. The summed E-state index contributed by atoms with van der Waals surface area (Å²) in [5.74, 6) is -2.66. The monoisotopic (exact) mass is 404 g/mol. The number of aliphatic hydroxyl groups is 2. The van der Waals surface area contributed by atoms with Gasteiger partial charge in [-0.05, 0) is 26.2 Å². The van der Waals surface area contributed by atoms with Gasteiger partial charge in [-0.2, -0.15) is 0 Å². The molecule has 0 radical (unpaired) electrons. The number of carbonyl (C=O) groups is 3. The minimum atomic E-state index is -1.62. The molecule has 0 aliphatic carbocycles. The van der Waals surface area contributed by atoms with Crippen LogP contribution in [0.15, 0.2) is 0 Å². The SMILES string of the molecule is C[C@@H]1CCCCCCCCC[C@H](O)C(=O)C[C@@H](SC[C@@H](O)C(=O)O)C(=O)O1. The maximum Gasteiger partial charge on any atom is 0.333 e. The van der Waals surface area contributed by atoms with Crippen LogP contribution < -0.4 is 0 Å². The number of rotatable bonds is 4. The lowest BCUT2D eigenvalue weighted by Crippen LogP contribution is -2.33. The summed E-state index contributed by atoms with van der Waals surface area (Å²) in [6.45, 7) is 1.80. The number of carbonyl (C=O) groups excluding carboxylic acids is 2. The second-order valence-corrected chi connectivity index (χ2v) is 8.40. The third kappa shape index (κ3) is 10.1. The molecule has 7 nitrogen and oxygen atoms in total. The van der Waals surface area contributed by atoms with Crippen LogP contribution >= 0.6 is 11.8 Å². The van der Waals surface area contributed by atoms with Crippen LogP contribution in [0.3, 0.4) is 0 Å². The van der Waals surface area contributed by atoms with Crippen molar-refractivity contribution in [3.05, 3.63) is 0 Å². The van der Waals surface area contributed by atoms with Crippen molar-refractivity contribution in [1.29, 1.82) is 0 Å². The summed E-state index contributed by atoms with van der Waals surface area (Å²) < 4.78 is 5.42. The molecule has 0 amide bonds. The Morgan fingerprint density at radius 3 is 2.26 bits per heavy atom. The Balaban J connectivity index is 2.75. The van der Waals surface area contributed by atoms with Crippen LogP contribution in [-0.4, -0.2) is 62.4 Å². The first-order valence-corrected chi connectivity index (χ1v) is 10.8. The molecule has 1 aliphatic rings. The molecule has 0 spiro atoms. The van der Waals surface area contributed by atoms with Crippen molar-refractivity contribution in [3.8, 4) is 0 Å². The van der Waals surface area contributed by atoms with Gasteiger partial charge in [-0.3, -0.25) is 9.59 Å². The van der Waals surface area contributed by atoms with E-state index in [2.05, 4.69) is 0 Å². The number of aliphatic hydroxyl groups excluding tert-OH is 2. The molecule has 1 rings (SSSR count). The standard InChI is InChI=1S/C19H32O7S/c1-13-9-7-5-3-2-4-6-8-10-14(20)15(21)11-17(19(25)26-13)27-12-16(22)18(23)24/h13-14,16-17,20,22H,2-12H2,1H3,(H,23,24)/t13-,14+,16-,17-/m1/s1. The van der Waals surface area contributed by atoms with Crippen LogP contribution in [0.5, 0.6) is 0 Å². The number of hydrogen-bond donors (Lipinski definition) is 3. The number of carboxylic acid groups (broad SMARTS) is 1. The third-order valence-electron chi connectivity index (χ3n) is 4.67. The predicted molar refractivity (Wildman–Crippen MR) is 103 cm³/mol. The second-order valence-electron chi connectivity index (χ2n) is 7.16. The third-order valence-corrected chi connectivity index (χ3v) is 5.94. The molecular formula is C19H32O7S. The van der Waals surface area contributed by atoms with E-state index in [0.29, 0.717) is 6.42 Å². The van der Waals surface area contributed by atoms with E-state index in [0.717, 1.165) is 63.1 Å². The highest BCUT2D eigenvalue weighted by Crippen LogP contribution is 2.22. The Kier molecular flexibility index (Phi) is 11.6. The minimum Gasteiger partial charge on any atom is -0.479 e. The van der Waals surface area contributed by atoms with Crippen molar-refractivity contribution in [2.45, 2.75) is 94.7 Å². The summed E-state index contributed by atoms with van der Waals surface area (Å²) in [6, 6.07) is 0. The maximum absolute atomic E-state index is 12.4. The number of carboxylic acids is 1. The highest BCUT2D eigenvalue weighted by atomic mass is 32.2. The van der Waals surface area contributed by atoms with Gasteiger partial charge in [-0.1, -0.05) is 38.5 Å². The lowest BCUT2D eigenvalue weighted by molar-refractivity contribution is -0.149. The molecule has 1 fully saturated rings. The first-order valence-electron chi connectivity index (χ1n) is 9.75. The van der Waals surface area contributed by atoms with E-state index in [1.54, 1.807) is 6.92 Å². The van der Waals surface area contributed by atoms with Gasteiger partial charge in [0, 0.05) is 12.2 Å². The molecule has 4 atom stereocenters. The van der Waals surface area contributed by atoms with Gasteiger partial charge in [0.05, 0.1) is 6.10 Å². The molecule has 0 bridgehead atoms. The van der Waals surface area contributed by atoms with E-state index in [4.69, 9.17) is 9.84 Å². The molecule has 3 N–H and O–H groups in total. The maximum atomic E-state index is 12.4. The van der Waals surface area contributed by atoms with Gasteiger partial charge in [0.2, 0.25) is 0 Å². The first kappa shape index (κ1) is 23.9. The molecule has 0 aromatic carbocycles. The molecule has 1 heterocycles. The van der Waals surface area contributed by atoms with Crippen LogP contribution in [0.2, 0.25) is 0 Å². The van der Waals surface area contributed by atoms with Crippen LogP contribution in [0.1, 0.15) is 71.1 Å². The van der Waals surface area contributed by atoms with Gasteiger partial charge in [0.1, 0.15) is 11.4 Å². The van der Waals surface area contributed by atoms with E-state index in [-0.39, 0.29) is 18.3 Å². The van der Waals surface area contributed by atoms with Crippen molar-refractivity contribution in [2.24, 2.45) is 0 Å². The smallest absolute Gasteiger partial charge is 0.333 e. The van der Waals surface area contributed by atoms with Gasteiger partial charge in [-0.25, -0.2) is 4.79 Å². The first-order chi connectivity index (χ1) is 12.8. The summed E-state index contributed by atoms with van der Waals surface area (Å²) in [6.07, 6.45) is 4.89. The summed E-state index contributed by atoms with van der Waals surface area (Å²) in [4.78, 5) is 35.5. The number of cyclic esters (lactones) is 1. The number of hydrogen-bond acceptors (Lipinski definition) is 7. The van der Waals surface area contributed by atoms with Crippen molar-refractivity contribution in [3.63, 3.8) is 0 Å². The molecule has 0 unspecified atom stereocenters. The summed E-state index contributed by atoms with van der Waals surface area (Å²) in [5, 5.41) is 27.3. The number of aliphatic carboxylic acids is 1. The van der Waals surface area contributed by atoms with Gasteiger partial charge in [-0.15, -0.1) is 11.8 Å². The van der Waals surface area contributed by atoms with Crippen molar-refractivity contribution in [2.75, 3.05) is 5.75 Å². The van der Waals surface area contributed by atoms with E-state index in [1.165, 1.54) is 0 Å². The number of ketones is 1. The molecule has 0 saturated carbocycles. The number of esters is 1. The Hall–Kier alpha value is -1.12. The molecule has 0 aromatic rings. The van der Waals surface area contributed by atoms with Crippen molar-refractivity contribution in [1.82, 2.24) is 0 Å². The van der Waals surface area contributed by atoms with E-state index in [1.807, 2.05) is 0 Å². The van der Waals surface area contributed by atoms with E-state index < -0.39 is 35.2 Å². The topological polar surface area (TPSA) is 121 Å². The zero-order valence-corrected chi connectivity index (χ0v) is 16.8. The van der Waals surface area contributed by atoms with Crippen LogP contribution in [0, 0.1) is 0 Å². The number of thioether (sulfide) groups is 1. The average Bonchev–Trinajstić information content (AvgIpc) is 2.61. The predicted octanol–water partition coefficient (Wildman–Crippen LogP) is 2.31. The quantitative estimate of drug-likeness (QED) is 0.610.